The highest BCUT2D eigenvalue weighted by atomic mass is 35.5. The van der Waals surface area contributed by atoms with Crippen LogP contribution in [0.4, 0.5) is 0 Å². The van der Waals surface area contributed by atoms with Crippen molar-refractivity contribution < 1.29 is 14.5 Å². The van der Waals surface area contributed by atoms with Crippen molar-refractivity contribution in [1.29, 1.82) is 0 Å². The second kappa shape index (κ2) is 8.97. The molecule has 2 amide bonds. The predicted octanol–water partition coefficient (Wildman–Crippen LogP) is 0.701. The van der Waals surface area contributed by atoms with Gasteiger partial charge in [-0.2, -0.15) is 0 Å². The van der Waals surface area contributed by atoms with E-state index in [0.29, 0.717) is 18.1 Å². The third-order valence-electron chi connectivity index (χ3n) is 4.71. The Morgan fingerprint density at radius 3 is 2.70 bits per heavy atom. The van der Waals surface area contributed by atoms with Crippen molar-refractivity contribution >= 4 is 23.4 Å². The lowest BCUT2D eigenvalue weighted by Crippen LogP contribution is -3.13. The zero-order valence-corrected chi connectivity index (χ0v) is 16.1. The van der Waals surface area contributed by atoms with Crippen LogP contribution in [0.2, 0.25) is 5.02 Å². The molecule has 3 rings (SSSR count). The van der Waals surface area contributed by atoms with E-state index in [-0.39, 0.29) is 18.1 Å². The van der Waals surface area contributed by atoms with Gasteiger partial charge >= 0.3 is 0 Å². The molecule has 1 aromatic heterocycles. The van der Waals surface area contributed by atoms with Gasteiger partial charge in [-0.15, -0.1) is 0 Å². The maximum Gasteiger partial charge on any atom is 0.270 e. The number of carbonyl (C=O) groups is 2. The van der Waals surface area contributed by atoms with Crippen molar-refractivity contribution in [1.82, 2.24) is 15.2 Å². The van der Waals surface area contributed by atoms with Crippen molar-refractivity contribution in [3.8, 4) is 0 Å². The summed E-state index contributed by atoms with van der Waals surface area (Å²) in [7, 11) is 0. The van der Waals surface area contributed by atoms with Crippen LogP contribution in [0.25, 0.3) is 0 Å². The van der Waals surface area contributed by atoms with Gasteiger partial charge in [0.25, 0.3) is 5.91 Å². The highest BCUT2D eigenvalue weighted by molar-refractivity contribution is 6.30. The molecule has 0 saturated carbocycles. The number of rotatable bonds is 5. The molecule has 0 aliphatic carbocycles. The summed E-state index contributed by atoms with van der Waals surface area (Å²) in [5.41, 5.74) is 2.81. The highest BCUT2D eigenvalue weighted by Gasteiger charge is 2.24. The molecule has 2 aromatic rings. The van der Waals surface area contributed by atoms with Crippen LogP contribution in [0.3, 0.4) is 0 Å². The minimum atomic E-state index is -0.394. The molecule has 7 heteroatoms. The number of benzene rings is 1. The molecule has 27 heavy (non-hydrogen) atoms. The Balaban J connectivity index is 1.43. The Morgan fingerprint density at radius 2 is 2.00 bits per heavy atom. The molecule has 1 aliphatic heterocycles. The minimum Gasteiger partial charge on any atom is -0.342 e. The van der Waals surface area contributed by atoms with Crippen LogP contribution in [0.1, 0.15) is 21.6 Å². The van der Waals surface area contributed by atoms with E-state index >= 15 is 0 Å². The van der Waals surface area contributed by atoms with Gasteiger partial charge in [-0.1, -0.05) is 41.4 Å². The van der Waals surface area contributed by atoms with Crippen LogP contribution in [0, 0.1) is 6.92 Å². The van der Waals surface area contributed by atoms with E-state index in [2.05, 4.69) is 41.5 Å². The Kier molecular flexibility index (Phi) is 6.42. The van der Waals surface area contributed by atoms with Crippen LogP contribution in [0.5, 0.6) is 0 Å². The Bertz CT molecular complexity index is 819. The lowest BCUT2D eigenvalue weighted by molar-refractivity contribution is -0.917. The summed E-state index contributed by atoms with van der Waals surface area (Å²) < 4.78 is 0. The zero-order chi connectivity index (χ0) is 19.2. The van der Waals surface area contributed by atoms with Gasteiger partial charge in [0, 0.05) is 16.8 Å². The van der Waals surface area contributed by atoms with Gasteiger partial charge in [0.05, 0.1) is 32.7 Å². The number of nitrogens with zero attached hydrogens (tertiary/aromatic N) is 2. The monoisotopic (exact) mass is 387 g/mol. The molecule has 1 aromatic carbocycles. The SMILES string of the molecule is Cc1cccc(C[NH+]2CCN(C(=O)CNC(=O)c3cc(Cl)ccn3)CC2)c1. The smallest absolute Gasteiger partial charge is 0.270 e. The van der Waals surface area contributed by atoms with Crippen molar-refractivity contribution in [2.24, 2.45) is 0 Å². The van der Waals surface area contributed by atoms with E-state index in [9.17, 15) is 9.59 Å². The first kappa shape index (κ1) is 19.3. The first-order valence-electron chi connectivity index (χ1n) is 9.08. The average molecular weight is 388 g/mol. The van der Waals surface area contributed by atoms with Crippen LogP contribution in [0.15, 0.2) is 42.6 Å². The maximum atomic E-state index is 12.4. The van der Waals surface area contributed by atoms with Gasteiger partial charge in [0.1, 0.15) is 12.2 Å². The van der Waals surface area contributed by atoms with Gasteiger partial charge in [-0.25, -0.2) is 0 Å². The number of halogens is 1. The maximum absolute atomic E-state index is 12.4. The molecule has 2 heterocycles. The molecule has 0 radical (unpaired) electrons. The van der Waals surface area contributed by atoms with Crippen molar-refractivity contribution in [3.63, 3.8) is 0 Å². The third-order valence-corrected chi connectivity index (χ3v) is 4.95. The number of aromatic nitrogens is 1. The lowest BCUT2D eigenvalue weighted by atomic mass is 10.1. The molecule has 6 nitrogen and oxygen atoms in total. The number of amides is 2. The summed E-state index contributed by atoms with van der Waals surface area (Å²) >= 11 is 5.86. The number of hydrogen-bond acceptors (Lipinski definition) is 3. The second-order valence-electron chi connectivity index (χ2n) is 6.84. The number of nitrogens with one attached hydrogen (secondary N) is 2. The number of carbonyl (C=O) groups excluding carboxylic acids is 2. The largest absolute Gasteiger partial charge is 0.342 e. The molecule has 0 spiro atoms. The van der Waals surface area contributed by atoms with Crippen LogP contribution in [-0.2, 0) is 11.3 Å². The molecule has 0 unspecified atom stereocenters. The minimum absolute atomic E-state index is 0.0275. The van der Waals surface area contributed by atoms with Gasteiger partial charge in [-0.05, 0) is 19.1 Å². The van der Waals surface area contributed by atoms with E-state index < -0.39 is 5.91 Å². The quantitative estimate of drug-likeness (QED) is 0.793. The first-order valence-corrected chi connectivity index (χ1v) is 9.46. The normalized spacial score (nSPS) is 14.8. The van der Waals surface area contributed by atoms with E-state index in [4.69, 9.17) is 11.6 Å². The summed E-state index contributed by atoms with van der Waals surface area (Å²) in [6.07, 6.45) is 1.47. The van der Waals surface area contributed by atoms with Gasteiger partial charge in [0.15, 0.2) is 0 Å². The number of hydrogen-bond donors (Lipinski definition) is 2. The standard InChI is InChI=1S/C20H23ClN4O2/c1-15-3-2-4-16(11-15)14-24-7-9-25(10-8-24)19(26)13-23-20(27)18-12-17(21)5-6-22-18/h2-6,11-12H,7-10,13-14H2,1H3,(H,23,27)/p+1. The van der Waals surface area contributed by atoms with Crippen LogP contribution in [-0.4, -0.2) is 54.4 Å². The van der Waals surface area contributed by atoms with E-state index in [1.807, 2.05) is 4.90 Å². The van der Waals surface area contributed by atoms with Gasteiger partial charge in [0.2, 0.25) is 5.91 Å². The molecule has 1 aliphatic rings. The lowest BCUT2D eigenvalue weighted by Gasteiger charge is -2.32. The topological polar surface area (TPSA) is 66.7 Å². The summed E-state index contributed by atoms with van der Waals surface area (Å²) in [6, 6.07) is 11.6. The van der Waals surface area contributed by atoms with Crippen LogP contribution >= 0.6 is 11.6 Å². The molecule has 2 N–H and O–H groups in total. The summed E-state index contributed by atoms with van der Waals surface area (Å²) in [5, 5.41) is 3.06. The van der Waals surface area contributed by atoms with E-state index in [1.54, 1.807) is 6.07 Å². The summed E-state index contributed by atoms with van der Waals surface area (Å²) in [4.78, 5) is 31.7. The number of aryl methyl sites for hydroxylation is 1. The summed E-state index contributed by atoms with van der Waals surface area (Å²) in [5.74, 6) is -0.463. The van der Waals surface area contributed by atoms with Gasteiger partial charge < -0.3 is 15.1 Å². The number of quaternary nitrogens is 1. The number of pyridine rings is 1. The molecular weight excluding hydrogens is 364 g/mol. The van der Waals surface area contributed by atoms with Crippen molar-refractivity contribution in [3.05, 3.63) is 64.4 Å². The molecule has 0 bridgehead atoms. The average Bonchev–Trinajstić information content (AvgIpc) is 2.66. The van der Waals surface area contributed by atoms with E-state index in [0.717, 1.165) is 19.6 Å². The highest BCUT2D eigenvalue weighted by Crippen LogP contribution is 2.07. The Morgan fingerprint density at radius 1 is 1.22 bits per heavy atom. The summed E-state index contributed by atoms with van der Waals surface area (Å²) in [6.45, 7) is 6.26. The number of piperazine rings is 1. The fourth-order valence-electron chi connectivity index (χ4n) is 3.25. The fourth-order valence-corrected chi connectivity index (χ4v) is 3.41. The zero-order valence-electron chi connectivity index (χ0n) is 15.4. The van der Waals surface area contributed by atoms with Gasteiger partial charge in [-0.3, -0.25) is 14.6 Å². The third kappa shape index (κ3) is 5.52. The fraction of sp³-hybridized carbons (Fsp3) is 0.350. The molecule has 0 atom stereocenters. The molecule has 142 valence electrons. The van der Waals surface area contributed by atoms with E-state index in [1.165, 1.54) is 28.3 Å². The van der Waals surface area contributed by atoms with Crippen molar-refractivity contribution in [2.45, 2.75) is 13.5 Å². The second-order valence-corrected chi connectivity index (χ2v) is 7.28. The molecule has 1 saturated heterocycles. The van der Waals surface area contributed by atoms with Crippen LogP contribution < -0.4 is 10.2 Å². The molecular formula is C20H24ClN4O2+. The first-order chi connectivity index (χ1) is 13.0. The molecule has 1 fully saturated rings. The predicted molar refractivity (Wildman–Crippen MR) is 104 cm³/mol. The Labute approximate surface area is 164 Å². The Hall–Kier alpha value is -2.44. The van der Waals surface area contributed by atoms with Crippen molar-refractivity contribution in [2.75, 3.05) is 32.7 Å².